The molecular weight excluding hydrogens is 313 g/mol. The minimum Gasteiger partial charge on any atom is -0.328 e. The van der Waals surface area contributed by atoms with Crippen molar-refractivity contribution in [3.63, 3.8) is 0 Å². The van der Waals surface area contributed by atoms with Crippen LogP contribution in [0.3, 0.4) is 0 Å². The van der Waals surface area contributed by atoms with Gasteiger partial charge in [-0.2, -0.15) is 0 Å². The molecule has 0 atom stereocenters. The standard InChI is InChI=1S/C23H50N.Na/c1-5-7-8-9-10-11-12-13-14-15-16-17-18-19-20-21-23-24(3,4)22-6-2;/h5-23H2,1-4H3;/q2*+1. The van der Waals surface area contributed by atoms with Crippen LogP contribution in [0.1, 0.15) is 123 Å². The largest absolute Gasteiger partial charge is 1.00 e. The van der Waals surface area contributed by atoms with E-state index >= 15 is 0 Å². The van der Waals surface area contributed by atoms with Crippen LogP contribution in [0.2, 0.25) is 0 Å². The molecule has 25 heavy (non-hydrogen) atoms. The fourth-order valence-corrected chi connectivity index (χ4v) is 3.81. The molecule has 0 radical (unpaired) electrons. The molecule has 1 nitrogen and oxygen atoms in total. The zero-order valence-corrected chi connectivity index (χ0v) is 20.9. The van der Waals surface area contributed by atoms with Gasteiger partial charge in [0.15, 0.2) is 0 Å². The number of rotatable bonds is 19. The molecule has 0 unspecified atom stereocenters. The van der Waals surface area contributed by atoms with Crippen LogP contribution in [0.4, 0.5) is 0 Å². The Morgan fingerprint density at radius 1 is 0.400 bits per heavy atom. The first kappa shape index (κ1) is 28.2. The van der Waals surface area contributed by atoms with Crippen LogP contribution in [0.5, 0.6) is 0 Å². The van der Waals surface area contributed by atoms with Crippen LogP contribution in [-0.4, -0.2) is 31.7 Å². The molecule has 0 fully saturated rings. The Labute approximate surface area is 183 Å². The fraction of sp³-hybridized carbons (Fsp3) is 1.00. The van der Waals surface area contributed by atoms with Gasteiger partial charge in [0, 0.05) is 0 Å². The maximum absolute atomic E-state index is 2.38. The smallest absolute Gasteiger partial charge is 0.328 e. The summed E-state index contributed by atoms with van der Waals surface area (Å²) in [5.41, 5.74) is 0. The Bertz CT molecular complexity index is 240. The van der Waals surface area contributed by atoms with Crippen molar-refractivity contribution >= 4 is 0 Å². The normalized spacial score (nSPS) is 11.5. The average molecular weight is 364 g/mol. The van der Waals surface area contributed by atoms with Crippen molar-refractivity contribution < 1.29 is 34.0 Å². The van der Waals surface area contributed by atoms with E-state index in [9.17, 15) is 0 Å². The minimum absolute atomic E-state index is 0. The second-order valence-electron chi connectivity index (χ2n) is 8.69. The van der Waals surface area contributed by atoms with Crippen molar-refractivity contribution in [3.8, 4) is 0 Å². The summed E-state index contributed by atoms with van der Waals surface area (Å²) in [6, 6.07) is 0. The molecule has 0 spiro atoms. The van der Waals surface area contributed by atoms with Crippen LogP contribution in [-0.2, 0) is 0 Å². The average Bonchev–Trinajstić information content (AvgIpc) is 2.54. The molecule has 0 aliphatic rings. The van der Waals surface area contributed by atoms with Crippen LogP contribution < -0.4 is 29.6 Å². The predicted molar refractivity (Wildman–Crippen MR) is 112 cm³/mol. The number of hydrogen-bond donors (Lipinski definition) is 0. The zero-order chi connectivity index (χ0) is 17.9. The third-order valence-electron chi connectivity index (χ3n) is 5.45. The Morgan fingerprint density at radius 3 is 1.04 bits per heavy atom. The van der Waals surface area contributed by atoms with Crippen molar-refractivity contribution in [2.24, 2.45) is 0 Å². The Hall–Kier alpha value is 0.960. The van der Waals surface area contributed by atoms with Crippen molar-refractivity contribution in [1.82, 2.24) is 0 Å². The van der Waals surface area contributed by atoms with Gasteiger partial charge in [-0.25, -0.2) is 0 Å². The van der Waals surface area contributed by atoms with Crippen molar-refractivity contribution in [2.75, 3.05) is 27.2 Å². The Morgan fingerprint density at radius 2 is 0.720 bits per heavy atom. The van der Waals surface area contributed by atoms with Gasteiger partial charge in [-0.3, -0.25) is 0 Å². The molecule has 0 saturated heterocycles. The molecule has 0 aliphatic heterocycles. The van der Waals surface area contributed by atoms with E-state index in [-0.39, 0.29) is 29.6 Å². The quantitative estimate of drug-likeness (QED) is 0.177. The van der Waals surface area contributed by atoms with Crippen LogP contribution >= 0.6 is 0 Å². The Balaban J connectivity index is 0. The van der Waals surface area contributed by atoms with Crippen LogP contribution in [0, 0.1) is 0 Å². The van der Waals surface area contributed by atoms with Gasteiger partial charge >= 0.3 is 29.6 Å². The van der Waals surface area contributed by atoms with E-state index in [4.69, 9.17) is 0 Å². The van der Waals surface area contributed by atoms with Gasteiger partial charge in [0.2, 0.25) is 0 Å². The third-order valence-corrected chi connectivity index (χ3v) is 5.45. The Kier molecular flexibility index (Phi) is 24.0. The third kappa shape index (κ3) is 22.9. The molecule has 0 N–H and O–H groups in total. The number of unbranched alkanes of at least 4 members (excludes halogenated alkanes) is 15. The molecule has 0 rings (SSSR count). The zero-order valence-electron chi connectivity index (χ0n) is 18.9. The second-order valence-corrected chi connectivity index (χ2v) is 8.69. The van der Waals surface area contributed by atoms with E-state index < -0.39 is 0 Å². The van der Waals surface area contributed by atoms with E-state index in [1.54, 1.807) is 0 Å². The first-order valence-electron chi connectivity index (χ1n) is 11.4. The van der Waals surface area contributed by atoms with Crippen molar-refractivity contribution in [2.45, 2.75) is 123 Å². The molecule has 0 aromatic heterocycles. The summed E-state index contributed by atoms with van der Waals surface area (Å²) in [5.74, 6) is 0. The summed E-state index contributed by atoms with van der Waals surface area (Å²) >= 11 is 0. The first-order chi connectivity index (χ1) is 11.6. The molecule has 0 aromatic rings. The molecule has 0 heterocycles. The van der Waals surface area contributed by atoms with Gasteiger partial charge in [0.1, 0.15) is 0 Å². The number of nitrogens with zero attached hydrogens (tertiary/aromatic N) is 1. The molecular formula is C23H50NNa+2. The molecule has 0 bridgehead atoms. The monoisotopic (exact) mass is 363 g/mol. The molecule has 0 saturated carbocycles. The van der Waals surface area contributed by atoms with E-state index in [2.05, 4.69) is 27.9 Å². The fourth-order valence-electron chi connectivity index (χ4n) is 3.81. The molecule has 0 amide bonds. The summed E-state index contributed by atoms with van der Waals surface area (Å²) in [5, 5.41) is 0. The van der Waals surface area contributed by atoms with E-state index in [1.807, 2.05) is 0 Å². The minimum atomic E-state index is 0. The van der Waals surface area contributed by atoms with Crippen LogP contribution in [0.15, 0.2) is 0 Å². The topological polar surface area (TPSA) is 0 Å². The number of quaternary nitrogens is 1. The molecule has 0 aromatic carbocycles. The van der Waals surface area contributed by atoms with Gasteiger partial charge in [-0.05, 0) is 19.3 Å². The predicted octanol–water partition coefficient (Wildman–Crippen LogP) is 4.74. The molecule has 146 valence electrons. The van der Waals surface area contributed by atoms with E-state index in [0.717, 1.165) is 0 Å². The van der Waals surface area contributed by atoms with Gasteiger partial charge in [-0.15, -0.1) is 0 Å². The van der Waals surface area contributed by atoms with E-state index in [0.29, 0.717) is 0 Å². The maximum atomic E-state index is 2.38. The number of hydrogen-bond acceptors (Lipinski definition) is 0. The van der Waals surface area contributed by atoms with Crippen molar-refractivity contribution in [3.05, 3.63) is 0 Å². The maximum Gasteiger partial charge on any atom is 1.00 e. The first-order valence-corrected chi connectivity index (χ1v) is 11.4. The van der Waals surface area contributed by atoms with E-state index in [1.165, 1.54) is 127 Å². The molecule has 2 heteroatoms. The summed E-state index contributed by atoms with van der Waals surface area (Å²) in [4.78, 5) is 0. The van der Waals surface area contributed by atoms with Gasteiger partial charge in [0.25, 0.3) is 0 Å². The summed E-state index contributed by atoms with van der Waals surface area (Å²) in [6.45, 7) is 7.30. The van der Waals surface area contributed by atoms with Gasteiger partial charge < -0.3 is 4.48 Å². The molecule has 0 aliphatic carbocycles. The summed E-state index contributed by atoms with van der Waals surface area (Å²) in [7, 11) is 4.77. The summed E-state index contributed by atoms with van der Waals surface area (Å²) in [6.07, 6.45) is 24.7. The van der Waals surface area contributed by atoms with Crippen LogP contribution in [0.25, 0.3) is 0 Å². The second kappa shape index (κ2) is 21.3. The summed E-state index contributed by atoms with van der Waals surface area (Å²) < 4.78 is 1.22. The van der Waals surface area contributed by atoms with Gasteiger partial charge in [0.05, 0.1) is 27.2 Å². The SMILES string of the molecule is CCCCCCCCCCCCCCCCCC[N+](C)(C)CCC.[Na+]. The van der Waals surface area contributed by atoms with Gasteiger partial charge in [-0.1, -0.05) is 104 Å². The van der Waals surface area contributed by atoms with Crippen molar-refractivity contribution in [1.29, 1.82) is 0 Å².